The van der Waals surface area contributed by atoms with Gasteiger partial charge in [0.05, 0.1) is 7.11 Å². The fourth-order valence-electron chi connectivity index (χ4n) is 0.482. The lowest BCUT2D eigenvalue weighted by Gasteiger charge is -1.96. The third-order valence-corrected chi connectivity index (χ3v) is 0.819. The maximum absolute atomic E-state index is 4.90. The molecule has 0 amide bonds. The van der Waals surface area contributed by atoms with E-state index in [1.54, 1.807) is 13.2 Å². The maximum atomic E-state index is 4.90. The van der Waals surface area contributed by atoms with Crippen molar-refractivity contribution in [2.24, 2.45) is 4.99 Å². The van der Waals surface area contributed by atoms with Gasteiger partial charge in [-0.15, -0.1) is 0 Å². The molecule has 0 saturated heterocycles. The van der Waals surface area contributed by atoms with E-state index in [2.05, 4.69) is 11.6 Å². The van der Waals surface area contributed by atoms with Crippen LogP contribution in [0.25, 0.3) is 0 Å². The van der Waals surface area contributed by atoms with E-state index in [9.17, 15) is 0 Å². The Hall–Kier alpha value is -1.05. The second-order valence-electron chi connectivity index (χ2n) is 1.89. The number of hydrogen-bond acceptors (Lipinski definition) is 2. The van der Waals surface area contributed by atoms with Gasteiger partial charge in [-0.25, -0.2) is 4.99 Å². The minimum Gasteiger partial charge on any atom is -0.481 e. The molecular formula is C8H13NO. The average Bonchev–Trinajstić information content (AvgIpc) is 1.86. The molecule has 0 radical (unpaired) electrons. The Kier molecular flexibility index (Phi) is 4.29. The van der Waals surface area contributed by atoms with Gasteiger partial charge in [0.1, 0.15) is 0 Å². The summed E-state index contributed by atoms with van der Waals surface area (Å²) in [7, 11) is 1.59. The number of rotatable bonds is 2. The predicted octanol–water partition coefficient (Wildman–Crippen LogP) is 2.14. The van der Waals surface area contributed by atoms with E-state index >= 15 is 0 Å². The monoisotopic (exact) mass is 139 g/mol. The Morgan fingerprint density at radius 1 is 1.60 bits per heavy atom. The molecular weight excluding hydrogens is 126 g/mol. The first-order chi connectivity index (χ1) is 4.70. The van der Waals surface area contributed by atoms with E-state index < -0.39 is 0 Å². The summed E-state index contributed by atoms with van der Waals surface area (Å²) >= 11 is 0. The minimum absolute atomic E-state index is 0.593. The fraction of sp³-hybridized carbons (Fsp3) is 0.375. The van der Waals surface area contributed by atoms with E-state index in [-0.39, 0.29) is 0 Å². The van der Waals surface area contributed by atoms with Crippen LogP contribution in [0.5, 0.6) is 0 Å². The molecule has 2 nitrogen and oxygen atoms in total. The van der Waals surface area contributed by atoms with Gasteiger partial charge in [-0.05, 0) is 19.9 Å². The normalized spacial score (nSPS) is 12.1. The van der Waals surface area contributed by atoms with Gasteiger partial charge in [-0.2, -0.15) is 0 Å². The second-order valence-corrected chi connectivity index (χ2v) is 1.89. The number of methoxy groups -OCH3 is 1. The molecule has 0 aliphatic carbocycles. The van der Waals surface area contributed by atoms with Crippen LogP contribution in [0.4, 0.5) is 0 Å². The Morgan fingerprint density at radius 3 is 2.50 bits per heavy atom. The van der Waals surface area contributed by atoms with Crippen molar-refractivity contribution in [2.75, 3.05) is 7.11 Å². The van der Waals surface area contributed by atoms with Crippen molar-refractivity contribution >= 4 is 5.90 Å². The molecule has 0 aromatic rings. The van der Waals surface area contributed by atoms with Crippen LogP contribution in [0.15, 0.2) is 29.4 Å². The molecule has 0 atom stereocenters. The van der Waals surface area contributed by atoms with Gasteiger partial charge in [0.2, 0.25) is 5.90 Å². The first kappa shape index (κ1) is 8.95. The highest BCUT2D eigenvalue weighted by molar-refractivity contribution is 5.88. The van der Waals surface area contributed by atoms with Gasteiger partial charge in [-0.1, -0.05) is 12.7 Å². The topological polar surface area (TPSA) is 21.6 Å². The highest BCUT2D eigenvalue weighted by atomic mass is 16.5. The first-order valence-electron chi connectivity index (χ1n) is 3.11. The molecule has 0 heterocycles. The van der Waals surface area contributed by atoms with Crippen molar-refractivity contribution < 1.29 is 4.74 Å². The van der Waals surface area contributed by atoms with Crippen LogP contribution in [-0.2, 0) is 4.74 Å². The quantitative estimate of drug-likeness (QED) is 0.424. The van der Waals surface area contributed by atoms with Crippen molar-refractivity contribution in [3.8, 4) is 0 Å². The Labute approximate surface area is 61.9 Å². The zero-order chi connectivity index (χ0) is 7.98. The van der Waals surface area contributed by atoms with Gasteiger partial charge in [0, 0.05) is 5.70 Å². The fourth-order valence-corrected chi connectivity index (χ4v) is 0.482. The third kappa shape index (κ3) is 3.89. The van der Waals surface area contributed by atoms with Gasteiger partial charge < -0.3 is 4.74 Å². The summed E-state index contributed by atoms with van der Waals surface area (Å²) in [5.74, 6) is 0.593. The van der Waals surface area contributed by atoms with Gasteiger partial charge in [-0.3, -0.25) is 0 Å². The Morgan fingerprint density at radius 2 is 2.20 bits per heavy atom. The maximum Gasteiger partial charge on any atom is 0.212 e. The van der Waals surface area contributed by atoms with E-state index in [0.29, 0.717) is 5.90 Å². The molecule has 10 heavy (non-hydrogen) atoms. The molecule has 0 aliphatic rings. The Balaban J connectivity index is 4.18. The second kappa shape index (κ2) is 4.79. The lowest BCUT2D eigenvalue weighted by atomic mass is 10.5. The van der Waals surface area contributed by atoms with Gasteiger partial charge >= 0.3 is 0 Å². The number of allylic oxidation sites excluding steroid dienone is 2. The molecule has 0 spiro atoms. The van der Waals surface area contributed by atoms with Crippen LogP contribution in [0, 0.1) is 0 Å². The SMILES string of the molecule is C=C(C)N=C(C=CC)OC. The largest absolute Gasteiger partial charge is 0.481 e. The summed E-state index contributed by atoms with van der Waals surface area (Å²) in [5.41, 5.74) is 0.745. The molecule has 0 aliphatic heterocycles. The average molecular weight is 139 g/mol. The Bertz CT molecular complexity index is 168. The zero-order valence-corrected chi connectivity index (χ0v) is 6.72. The standard InChI is InChI=1S/C8H13NO/c1-5-6-8(10-4)9-7(2)3/h5-6H,2H2,1,3-4H3. The third-order valence-electron chi connectivity index (χ3n) is 0.819. The molecule has 0 rings (SSSR count). The van der Waals surface area contributed by atoms with Crippen molar-refractivity contribution in [1.82, 2.24) is 0 Å². The lowest BCUT2D eigenvalue weighted by molar-refractivity contribution is 0.406. The molecule has 0 aromatic heterocycles. The summed E-state index contributed by atoms with van der Waals surface area (Å²) in [6.45, 7) is 7.36. The molecule has 0 bridgehead atoms. The minimum atomic E-state index is 0.593. The van der Waals surface area contributed by atoms with Crippen LogP contribution in [0.1, 0.15) is 13.8 Å². The number of ether oxygens (including phenoxy) is 1. The smallest absolute Gasteiger partial charge is 0.212 e. The van der Waals surface area contributed by atoms with Crippen molar-refractivity contribution in [1.29, 1.82) is 0 Å². The number of aliphatic imine (C=N–C) groups is 1. The lowest BCUT2D eigenvalue weighted by Crippen LogP contribution is -1.95. The van der Waals surface area contributed by atoms with Crippen LogP contribution < -0.4 is 0 Å². The van der Waals surface area contributed by atoms with Crippen LogP contribution in [-0.4, -0.2) is 13.0 Å². The summed E-state index contributed by atoms with van der Waals surface area (Å²) in [4.78, 5) is 4.00. The summed E-state index contributed by atoms with van der Waals surface area (Å²) in [6, 6.07) is 0. The van der Waals surface area contributed by atoms with Gasteiger partial charge in [0.15, 0.2) is 0 Å². The summed E-state index contributed by atoms with van der Waals surface area (Å²) in [6.07, 6.45) is 3.65. The number of hydrogen-bond donors (Lipinski definition) is 0. The van der Waals surface area contributed by atoms with Crippen molar-refractivity contribution in [3.63, 3.8) is 0 Å². The van der Waals surface area contributed by atoms with Crippen LogP contribution >= 0.6 is 0 Å². The van der Waals surface area contributed by atoms with Crippen LogP contribution in [0.3, 0.4) is 0 Å². The van der Waals surface area contributed by atoms with E-state index in [1.807, 2.05) is 19.9 Å². The molecule has 0 saturated carbocycles. The highest BCUT2D eigenvalue weighted by Gasteiger charge is 1.87. The van der Waals surface area contributed by atoms with E-state index in [0.717, 1.165) is 5.70 Å². The zero-order valence-electron chi connectivity index (χ0n) is 6.72. The molecule has 0 unspecified atom stereocenters. The molecule has 0 fully saturated rings. The van der Waals surface area contributed by atoms with E-state index in [1.165, 1.54) is 0 Å². The van der Waals surface area contributed by atoms with Crippen molar-refractivity contribution in [3.05, 3.63) is 24.4 Å². The van der Waals surface area contributed by atoms with Gasteiger partial charge in [0.25, 0.3) is 0 Å². The molecule has 2 heteroatoms. The molecule has 56 valence electrons. The summed E-state index contributed by atoms with van der Waals surface area (Å²) < 4.78 is 4.90. The first-order valence-corrected chi connectivity index (χ1v) is 3.11. The summed E-state index contributed by atoms with van der Waals surface area (Å²) in [5, 5.41) is 0. The van der Waals surface area contributed by atoms with Crippen LogP contribution in [0.2, 0.25) is 0 Å². The predicted molar refractivity (Wildman–Crippen MR) is 44.1 cm³/mol. The number of nitrogens with zero attached hydrogens (tertiary/aromatic N) is 1. The highest BCUT2D eigenvalue weighted by Crippen LogP contribution is 1.92. The van der Waals surface area contributed by atoms with Crippen molar-refractivity contribution in [2.45, 2.75) is 13.8 Å². The molecule has 0 aromatic carbocycles. The van der Waals surface area contributed by atoms with E-state index in [4.69, 9.17) is 4.74 Å². The molecule has 0 N–H and O–H groups in total.